The molecule has 0 aliphatic heterocycles. The summed E-state index contributed by atoms with van der Waals surface area (Å²) in [5.74, 6) is 1.12. The highest BCUT2D eigenvalue weighted by atomic mass is 79.9. The van der Waals surface area contributed by atoms with Crippen LogP contribution in [0.1, 0.15) is 33.3 Å². The lowest BCUT2D eigenvalue weighted by Gasteiger charge is -2.14. The zero-order valence-electron chi connectivity index (χ0n) is 11.9. The van der Waals surface area contributed by atoms with E-state index < -0.39 is 0 Å². The quantitative estimate of drug-likeness (QED) is 0.625. The van der Waals surface area contributed by atoms with E-state index in [-0.39, 0.29) is 6.61 Å². The normalized spacial score (nSPS) is 10.0. The number of benzene rings is 1. The zero-order chi connectivity index (χ0) is 14.0. The van der Waals surface area contributed by atoms with Gasteiger partial charge in [0.1, 0.15) is 0 Å². The molecule has 0 fully saturated rings. The van der Waals surface area contributed by atoms with E-state index in [1.807, 2.05) is 24.3 Å². The van der Waals surface area contributed by atoms with Gasteiger partial charge in [-0.05, 0) is 17.4 Å². The Morgan fingerprint density at radius 3 is 1.83 bits per heavy atom. The van der Waals surface area contributed by atoms with Crippen molar-refractivity contribution < 1.29 is 5.11 Å². The molecule has 0 bridgehead atoms. The Morgan fingerprint density at radius 2 is 1.61 bits per heavy atom. The van der Waals surface area contributed by atoms with Crippen LogP contribution in [0.15, 0.2) is 42.0 Å². The Balaban J connectivity index is 0.000000327. The highest BCUT2D eigenvalue weighted by molar-refractivity contribution is 9.08. The minimum Gasteiger partial charge on any atom is -0.392 e. The minimum absolute atomic E-state index is 0.172. The van der Waals surface area contributed by atoms with Crippen LogP contribution in [0.2, 0.25) is 0 Å². The molecule has 1 aromatic carbocycles. The van der Waals surface area contributed by atoms with Gasteiger partial charge in [0.25, 0.3) is 0 Å². The van der Waals surface area contributed by atoms with Crippen molar-refractivity contribution in [1.29, 1.82) is 0 Å². The molecule has 0 amide bonds. The number of aliphatic hydroxyl groups excluding tert-OH is 1. The Kier molecular flexibility index (Phi) is 9.99. The second-order valence-electron chi connectivity index (χ2n) is 4.82. The summed E-state index contributed by atoms with van der Waals surface area (Å²) >= 11 is 3.36. The molecule has 0 heterocycles. The fourth-order valence-electron chi connectivity index (χ4n) is 1.81. The van der Waals surface area contributed by atoms with Crippen molar-refractivity contribution >= 4 is 15.9 Å². The molecule has 1 N–H and O–H groups in total. The highest BCUT2D eigenvalue weighted by Gasteiger charge is 2.05. The van der Waals surface area contributed by atoms with Crippen LogP contribution in [0.5, 0.6) is 0 Å². The van der Waals surface area contributed by atoms with Crippen molar-refractivity contribution in [2.24, 2.45) is 11.8 Å². The van der Waals surface area contributed by atoms with Gasteiger partial charge in [0.2, 0.25) is 0 Å². The molecule has 1 rings (SSSR count). The fourth-order valence-corrected chi connectivity index (χ4v) is 2.18. The number of aliphatic hydroxyl groups is 1. The first-order chi connectivity index (χ1) is 8.52. The third kappa shape index (κ3) is 7.67. The van der Waals surface area contributed by atoms with E-state index in [4.69, 9.17) is 5.11 Å². The first-order valence-corrected chi connectivity index (χ1v) is 7.55. The maximum Gasteiger partial charge on any atom is 0.0615 e. The second-order valence-corrected chi connectivity index (χ2v) is 5.38. The molecule has 0 radical (unpaired) electrons. The molecule has 0 aromatic heterocycles. The zero-order valence-corrected chi connectivity index (χ0v) is 13.4. The molecular formula is C16H25BrO. The van der Waals surface area contributed by atoms with E-state index in [2.05, 4.69) is 55.8 Å². The first kappa shape index (κ1) is 17.4. The van der Waals surface area contributed by atoms with Crippen molar-refractivity contribution in [3.8, 4) is 0 Å². The minimum atomic E-state index is 0.172. The Bertz CT molecular complexity index is 318. The molecule has 0 aliphatic rings. The van der Waals surface area contributed by atoms with Gasteiger partial charge in [-0.2, -0.15) is 0 Å². The molecule has 0 saturated heterocycles. The molecule has 0 saturated carbocycles. The van der Waals surface area contributed by atoms with Gasteiger partial charge in [-0.25, -0.2) is 0 Å². The van der Waals surface area contributed by atoms with Crippen molar-refractivity contribution in [2.75, 3.05) is 6.61 Å². The summed E-state index contributed by atoms with van der Waals surface area (Å²) in [6, 6.07) is 10.3. The van der Waals surface area contributed by atoms with E-state index in [1.165, 1.54) is 11.1 Å². The van der Waals surface area contributed by atoms with Gasteiger partial charge in [0, 0.05) is 5.33 Å². The van der Waals surface area contributed by atoms with Crippen LogP contribution in [0.4, 0.5) is 0 Å². The Labute approximate surface area is 120 Å². The second kappa shape index (κ2) is 10.3. The fraction of sp³-hybridized carbons (Fsp3) is 0.500. The standard InChI is InChI=1S/C9H18O.C7H7Br/c1-7(2)9(5-6-10)8(3)4;8-6-7-4-2-1-3-5-7/h5,7-8,10H,6H2,1-4H3;1-5H,6H2. The molecule has 0 spiro atoms. The molecule has 18 heavy (non-hydrogen) atoms. The predicted octanol–water partition coefficient (Wildman–Crippen LogP) is 4.80. The number of rotatable bonds is 4. The maximum absolute atomic E-state index is 8.66. The summed E-state index contributed by atoms with van der Waals surface area (Å²) in [6.45, 7) is 8.79. The van der Waals surface area contributed by atoms with E-state index in [0.29, 0.717) is 11.8 Å². The lowest BCUT2D eigenvalue weighted by molar-refractivity contribution is 0.339. The van der Waals surface area contributed by atoms with E-state index in [1.54, 1.807) is 0 Å². The lowest BCUT2D eigenvalue weighted by Crippen LogP contribution is -2.02. The Hall–Kier alpha value is -0.600. The van der Waals surface area contributed by atoms with Crippen molar-refractivity contribution in [3.05, 3.63) is 47.5 Å². The van der Waals surface area contributed by atoms with Gasteiger partial charge in [0.05, 0.1) is 6.61 Å². The number of allylic oxidation sites excluding steroid dienone is 1. The largest absolute Gasteiger partial charge is 0.392 e. The number of hydrogen-bond acceptors (Lipinski definition) is 1. The molecule has 0 aliphatic carbocycles. The van der Waals surface area contributed by atoms with Crippen LogP contribution < -0.4 is 0 Å². The monoisotopic (exact) mass is 312 g/mol. The van der Waals surface area contributed by atoms with Gasteiger partial charge in [-0.15, -0.1) is 0 Å². The molecular weight excluding hydrogens is 288 g/mol. The molecule has 2 heteroatoms. The summed E-state index contributed by atoms with van der Waals surface area (Å²) in [5.41, 5.74) is 2.68. The van der Waals surface area contributed by atoms with Gasteiger partial charge >= 0.3 is 0 Å². The molecule has 102 valence electrons. The van der Waals surface area contributed by atoms with Crippen molar-refractivity contribution in [2.45, 2.75) is 33.0 Å². The Morgan fingerprint density at radius 1 is 1.11 bits per heavy atom. The molecule has 0 unspecified atom stereocenters. The number of halogens is 1. The van der Waals surface area contributed by atoms with Gasteiger partial charge in [-0.1, -0.05) is 85.6 Å². The topological polar surface area (TPSA) is 20.2 Å². The number of hydrogen-bond donors (Lipinski definition) is 1. The van der Waals surface area contributed by atoms with Gasteiger partial charge in [0.15, 0.2) is 0 Å². The van der Waals surface area contributed by atoms with E-state index >= 15 is 0 Å². The first-order valence-electron chi connectivity index (χ1n) is 6.43. The van der Waals surface area contributed by atoms with E-state index in [9.17, 15) is 0 Å². The van der Waals surface area contributed by atoms with Crippen LogP contribution in [0, 0.1) is 11.8 Å². The van der Waals surface area contributed by atoms with Gasteiger partial charge < -0.3 is 5.11 Å². The summed E-state index contributed by atoms with van der Waals surface area (Å²) in [4.78, 5) is 0. The van der Waals surface area contributed by atoms with Gasteiger partial charge in [-0.3, -0.25) is 0 Å². The third-order valence-corrected chi connectivity index (χ3v) is 3.30. The SMILES string of the molecule is BrCc1ccccc1.CC(C)C(=CCO)C(C)C. The van der Waals surface area contributed by atoms with E-state index in [0.717, 1.165) is 5.33 Å². The predicted molar refractivity (Wildman–Crippen MR) is 83.9 cm³/mol. The summed E-state index contributed by atoms with van der Waals surface area (Å²) in [5, 5.41) is 9.61. The van der Waals surface area contributed by atoms with Crippen molar-refractivity contribution in [3.63, 3.8) is 0 Å². The summed E-state index contributed by atoms with van der Waals surface area (Å²) in [7, 11) is 0. The van der Waals surface area contributed by atoms with Crippen LogP contribution in [-0.4, -0.2) is 11.7 Å². The van der Waals surface area contributed by atoms with Crippen molar-refractivity contribution in [1.82, 2.24) is 0 Å². The van der Waals surface area contributed by atoms with Crippen LogP contribution >= 0.6 is 15.9 Å². The number of alkyl halides is 1. The highest BCUT2D eigenvalue weighted by Crippen LogP contribution is 2.18. The van der Waals surface area contributed by atoms with Crippen LogP contribution in [0.3, 0.4) is 0 Å². The summed E-state index contributed by atoms with van der Waals surface area (Å²) < 4.78 is 0. The van der Waals surface area contributed by atoms with Crippen LogP contribution in [-0.2, 0) is 5.33 Å². The molecule has 1 aromatic rings. The third-order valence-electron chi connectivity index (χ3n) is 2.66. The average molecular weight is 313 g/mol. The molecule has 1 nitrogen and oxygen atoms in total. The summed E-state index contributed by atoms with van der Waals surface area (Å²) in [6.07, 6.45) is 1.91. The lowest BCUT2D eigenvalue weighted by atomic mass is 9.92. The molecule has 0 atom stereocenters. The average Bonchev–Trinajstić information content (AvgIpc) is 2.37. The van der Waals surface area contributed by atoms with Crippen LogP contribution in [0.25, 0.3) is 0 Å². The smallest absolute Gasteiger partial charge is 0.0615 e. The maximum atomic E-state index is 8.66.